The number of benzene rings is 1. The van der Waals surface area contributed by atoms with E-state index in [0.717, 1.165) is 36.8 Å². The van der Waals surface area contributed by atoms with Crippen molar-refractivity contribution in [3.8, 4) is 10.8 Å². The zero-order chi connectivity index (χ0) is 28.7. The maximum atomic E-state index is 13.9. The molecule has 1 aliphatic carbocycles. The number of rotatable bonds is 12. The van der Waals surface area contributed by atoms with Crippen LogP contribution in [0.5, 0.6) is 10.8 Å². The Labute approximate surface area is 239 Å². The van der Waals surface area contributed by atoms with Crippen molar-refractivity contribution >= 4 is 29.2 Å². The van der Waals surface area contributed by atoms with Gasteiger partial charge in [-0.2, -0.15) is 0 Å². The van der Waals surface area contributed by atoms with Crippen molar-refractivity contribution in [2.24, 2.45) is 11.8 Å². The van der Waals surface area contributed by atoms with Crippen LogP contribution in [0.2, 0.25) is 0 Å². The van der Waals surface area contributed by atoms with Gasteiger partial charge in [-0.3, -0.25) is 14.5 Å². The number of ether oxygens (including phenoxy) is 3. The number of anilines is 1. The summed E-state index contributed by atoms with van der Waals surface area (Å²) in [6.45, 7) is 3.60. The van der Waals surface area contributed by atoms with E-state index >= 15 is 0 Å². The van der Waals surface area contributed by atoms with Gasteiger partial charge in [0.1, 0.15) is 5.75 Å². The average Bonchev–Trinajstić information content (AvgIpc) is 3.35. The topological polar surface area (TPSA) is 68.3 Å². The maximum Gasteiger partial charge on any atom is 0.260 e. The van der Waals surface area contributed by atoms with Crippen LogP contribution >= 0.6 is 11.3 Å². The number of likely N-dealkylation sites (tertiary alicyclic amines) is 1. The van der Waals surface area contributed by atoms with Crippen molar-refractivity contribution in [2.75, 3.05) is 45.4 Å². The fourth-order valence-electron chi connectivity index (χ4n) is 5.71. The fraction of sp³-hybridized carbons (Fsp3) is 0.600. The van der Waals surface area contributed by atoms with E-state index in [1.165, 1.54) is 11.3 Å². The van der Waals surface area contributed by atoms with Gasteiger partial charge in [-0.15, -0.1) is 11.3 Å². The summed E-state index contributed by atoms with van der Waals surface area (Å²) in [5.41, 5.74) is 0.836. The molecule has 0 bridgehead atoms. The number of piperidine rings is 1. The zero-order valence-corrected chi connectivity index (χ0v) is 24.4. The molecule has 1 amide bonds. The largest absolute Gasteiger partial charge is 0.447 e. The molecule has 1 aromatic heterocycles. The lowest BCUT2D eigenvalue weighted by atomic mass is 9.82. The Morgan fingerprint density at radius 1 is 1.15 bits per heavy atom. The highest BCUT2D eigenvalue weighted by atomic mass is 32.1. The van der Waals surface area contributed by atoms with Gasteiger partial charge in [0.05, 0.1) is 31.5 Å². The summed E-state index contributed by atoms with van der Waals surface area (Å²) < 4.78 is 44.5. The molecule has 0 atom stereocenters. The van der Waals surface area contributed by atoms with Crippen LogP contribution in [-0.4, -0.2) is 69.6 Å². The molecule has 0 spiro atoms. The minimum absolute atomic E-state index is 0.0195. The number of halogens is 2. The summed E-state index contributed by atoms with van der Waals surface area (Å²) in [6.07, 6.45) is 4.79. The van der Waals surface area contributed by atoms with Gasteiger partial charge >= 0.3 is 0 Å². The molecule has 4 rings (SSSR count). The number of nitrogens with zero attached hydrogens (tertiary/aromatic N) is 2. The first-order valence-corrected chi connectivity index (χ1v) is 14.8. The summed E-state index contributed by atoms with van der Waals surface area (Å²) in [7, 11) is 3.16. The Bertz CT molecular complexity index is 1130. The van der Waals surface area contributed by atoms with Crippen molar-refractivity contribution in [3.63, 3.8) is 0 Å². The molecule has 0 unspecified atom stereocenters. The zero-order valence-electron chi connectivity index (χ0n) is 23.6. The van der Waals surface area contributed by atoms with Crippen molar-refractivity contribution in [1.82, 2.24) is 4.90 Å². The van der Waals surface area contributed by atoms with E-state index in [4.69, 9.17) is 14.2 Å². The minimum atomic E-state index is -2.64. The third kappa shape index (κ3) is 7.87. The molecule has 2 aromatic rings. The molecule has 1 saturated carbocycles. The number of hydrogen-bond donors (Lipinski definition) is 0. The highest BCUT2D eigenvalue weighted by Gasteiger charge is 2.36. The number of amides is 1. The second kappa shape index (κ2) is 14.0. The molecule has 0 N–H and O–H groups in total. The highest BCUT2D eigenvalue weighted by Crippen LogP contribution is 2.36. The molecular weight excluding hydrogens is 538 g/mol. The highest BCUT2D eigenvalue weighted by molar-refractivity contribution is 7.13. The van der Waals surface area contributed by atoms with Crippen LogP contribution in [0.1, 0.15) is 60.7 Å². The molecule has 1 saturated heterocycles. The van der Waals surface area contributed by atoms with Gasteiger partial charge in [-0.05, 0) is 74.9 Å². The Morgan fingerprint density at radius 2 is 1.88 bits per heavy atom. The van der Waals surface area contributed by atoms with E-state index in [9.17, 15) is 18.4 Å². The summed E-state index contributed by atoms with van der Waals surface area (Å²) >= 11 is 1.39. The Hall–Kier alpha value is -2.40. The number of carbonyl (C=O) groups is 2. The second-order valence-corrected chi connectivity index (χ2v) is 12.2. The second-order valence-electron chi connectivity index (χ2n) is 11.1. The van der Waals surface area contributed by atoms with Crippen LogP contribution in [0, 0.1) is 11.8 Å². The molecule has 10 heteroatoms. The Kier molecular flexibility index (Phi) is 10.7. The standard InChI is InChI=1S/C30H40F2N2O5S/c1-21-5-7-22(8-6-21)29(36)34(24(18-37-2)19-38-3)27-11-9-25(15-23(27)17-35)39-28-12-10-26(40-28)16-33-14-4-13-30(31,32)20-33/h9-12,15,17,21-22,24H,4-8,13-14,16,18-20H2,1-3H3/t21-,22-. The van der Waals surface area contributed by atoms with E-state index in [0.29, 0.717) is 47.5 Å². The van der Waals surface area contributed by atoms with Crippen LogP contribution in [-0.2, 0) is 20.8 Å². The van der Waals surface area contributed by atoms with Gasteiger partial charge in [0.2, 0.25) is 5.91 Å². The van der Waals surface area contributed by atoms with Crippen LogP contribution in [0.3, 0.4) is 0 Å². The van der Waals surface area contributed by atoms with Gasteiger partial charge < -0.3 is 19.1 Å². The van der Waals surface area contributed by atoms with Gasteiger partial charge in [0.25, 0.3) is 5.92 Å². The fourth-order valence-corrected chi connectivity index (χ4v) is 6.62. The maximum absolute atomic E-state index is 13.9. The number of hydrogen-bond acceptors (Lipinski definition) is 7. The molecule has 2 fully saturated rings. The van der Waals surface area contributed by atoms with E-state index < -0.39 is 12.0 Å². The van der Waals surface area contributed by atoms with E-state index in [-0.39, 0.29) is 38.0 Å². The monoisotopic (exact) mass is 578 g/mol. The van der Waals surface area contributed by atoms with Crippen LogP contribution in [0.15, 0.2) is 30.3 Å². The number of aldehydes is 1. The third-order valence-electron chi connectivity index (χ3n) is 7.78. The molecule has 40 heavy (non-hydrogen) atoms. The van der Waals surface area contributed by atoms with Crippen molar-refractivity contribution < 1.29 is 32.6 Å². The minimum Gasteiger partial charge on any atom is -0.447 e. The first kappa shape index (κ1) is 30.6. The number of methoxy groups -OCH3 is 2. The lowest BCUT2D eigenvalue weighted by Gasteiger charge is -2.36. The first-order chi connectivity index (χ1) is 19.2. The normalized spacial score (nSPS) is 21.4. The van der Waals surface area contributed by atoms with Crippen LogP contribution in [0.4, 0.5) is 14.5 Å². The van der Waals surface area contributed by atoms with Crippen LogP contribution < -0.4 is 9.64 Å². The third-order valence-corrected chi connectivity index (χ3v) is 8.73. The predicted molar refractivity (Wildman–Crippen MR) is 152 cm³/mol. The van der Waals surface area contributed by atoms with E-state index in [2.05, 4.69) is 6.92 Å². The van der Waals surface area contributed by atoms with Crippen molar-refractivity contribution in [1.29, 1.82) is 0 Å². The molecule has 0 radical (unpaired) electrons. The van der Waals surface area contributed by atoms with Crippen molar-refractivity contribution in [2.45, 2.75) is 64.0 Å². The lowest BCUT2D eigenvalue weighted by molar-refractivity contribution is -0.124. The summed E-state index contributed by atoms with van der Waals surface area (Å²) in [6, 6.07) is 8.41. The summed E-state index contributed by atoms with van der Waals surface area (Å²) in [5.74, 6) is -1.72. The summed E-state index contributed by atoms with van der Waals surface area (Å²) in [5, 5.41) is 0.601. The average molecular weight is 579 g/mol. The number of thiophene rings is 1. The number of alkyl halides is 2. The molecular formula is C30H40F2N2O5S. The summed E-state index contributed by atoms with van der Waals surface area (Å²) in [4.78, 5) is 30.5. The predicted octanol–water partition coefficient (Wildman–Crippen LogP) is 6.40. The van der Waals surface area contributed by atoms with E-state index in [1.54, 1.807) is 42.2 Å². The number of carbonyl (C=O) groups excluding carboxylic acids is 2. The van der Waals surface area contributed by atoms with Gasteiger partial charge in [0.15, 0.2) is 11.3 Å². The Balaban J connectivity index is 1.53. The smallest absolute Gasteiger partial charge is 0.260 e. The molecule has 2 heterocycles. The molecule has 2 aliphatic rings. The molecule has 7 nitrogen and oxygen atoms in total. The van der Waals surface area contributed by atoms with Gasteiger partial charge in [-0.25, -0.2) is 8.78 Å². The molecule has 1 aliphatic heterocycles. The quantitative estimate of drug-likeness (QED) is 0.272. The molecule has 220 valence electrons. The van der Waals surface area contributed by atoms with Gasteiger partial charge in [0, 0.05) is 43.5 Å². The molecule has 1 aromatic carbocycles. The van der Waals surface area contributed by atoms with Crippen molar-refractivity contribution in [3.05, 3.63) is 40.8 Å². The SMILES string of the molecule is COCC(COC)N(c1ccc(Oc2ccc(CN3CCCC(F)(F)C3)s2)cc1C=O)C(=O)[C@H]1CC[C@H](C)CC1. The lowest BCUT2D eigenvalue weighted by Crippen LogP contribution is -2.49. The van der Waals surface area contributed by atoms with E-state index in [1.807, 2.05) is 12.1 Å². The van der Waals surface area contributed by atoms with Gasteiger partial charge in [-0.1, -0.05) is 6.92 Å². The first-order valence-electron chi connectivity index (χ1n) is 14.0. The van der Waals surface area contributed by atoms with Crippen LogP contribution in [0.25, 0.3) is 0 Å². The Morgan fingerprint density at radius 3 is 2.52 bits per heavy atom.